The van der Waals surface area contributed by atoms with Crippen LogP contribution in [-0.4, -0.2) is 40.0 Å². The molecule has 1 fully saturated rings. The molecule has 0 bridgehead atoms. The molecule has 2 heterocycles. The summed E-state index contributed by atoms with van der Waals surface area (Å²) < 4.78 is 7.21. The second-order valence-electron chi connectivity index (χ2n) is 4.39. The van der Waals surface area contributed by atoms with Gasteiger partial charge in [0.15, 0.2) is 0 Å². The van der Waals surface area contributed by atoms with Crippen LogP contribution in [0.25, 0.3) is 0 Å². The number of rotatable bonds is 4. The number of hydrogen-bond acceptors (Lipinski definition) is 4. The van der Waals surface area contributed by atoms with Gasteiger partial charge in [-0.1, -0.05) is 0 Å². The summed E-state index contributed by atoms with van der Waals surface area (Å²) in [6.45, 7) is 2.59. The van der Waals surface area contributed by atoms with E-state index in [0.29, 0.717) is 39.1 Å². The molecule has 0 aromatic carbocycles. The molecule has 1 aliphatic rings. The summed E-state index contributed by atoms with van der Waals surface area (Å²) >= 11 is 0. The summed E-state index contributed by atoms with van der Waals surface area (Å²) in [4.78, 5) is 4.22. The molecular weight excluding hydrogens is 206 g/mol. The van der Waals surface area contributed by atoms with Crippen LogP contribution in [-0.2, 0) is 18.3 Å². The van der Waals surface area contributed by atoms with Crippen LogP contribution in [0.2, 0.25) is 0 Å². The predicted octanol–water partition coefficient (Wildman–Crippen LogP) is 0.0512. The van der Waals surface area contributed by atoms with Gasteiger partial charge in [0, 0.05) is 52.0 Å². The van der Waals surface area contributed by atoms with Gasteiger partial charge >= 0.3 is 0 Å². The number of nitrogens with zero attached hydrogens (tertiary/aromatic N) is 2. The highest BCUT2D eigenvalue weighted by atomic mass is 16.5. The third kappa shape index (κ3) is 2.81. The summed E-state index contributed by atoms with van der Waals surface area (Å²) in [5.41, 5.74) is -0.608. The van der Waals surface area contributed by atoms with Gasteiger partial charge < -0.3 is 19.7 Å². The Labute approximate surface area is 95.4 Å². The smallest absolute Gasteiger partial charge is 0.122 e. The molecule has 5 nitrogen and oxygen atoms in total. The van der Waals surface area contributed by atoms with Gasteiger partial charge in [0.25, 0.3) is 0 Å². The maximum absolute atomic E-state index is 10.2. The van der Waals surface area contributed by atoms with Gasteiger partial charge in [-0.15, -0.1) is 0 Å². The maximum Gasteiger partial charge on any atom is 0.122 e. The fourth-order valence-corrected chi connectivity index (χ4v) is 1.90. The molecule has 0 saturated carbocycles. The van der Waals surface area contributed by atoms with Crippen molar-refractivity contribution in [3.05, 3.63) is 18.2 Å². The topological polar surface area (TPSA) is 59.3 Å². The van der Waals surface area contributed by atoms with E-state index < -0.39 is 5.60 Å². The van der Waals surface area contributed by atoms with Crippen molar-refractivity contribution in [2.75, 3.05) is 19.8 Å². The monoisotopic (exact) mass is 225 g/mol. The SMILES string of the molecule is Cn1ccnc1CNCC1(O)CCOCC1. The Morgan fingerprint density at radius 1 is 1.56 bits per heavy atom. The van der Waals surface area contributed by atoms with Crippen LogP contribution in [0.3, 0.4) is 0 Å². The average Bonchev–Trinajstić information content (AvgIpc) is 2.65. The van der Waals surface area contributed by atoms with Gasteiger partial charge in [-0.05, 0) is 0 Å². The zero-order chi connectivity index (χ0) is 11.4. The molecule has 16 heavy (non-hydrogen) atoms. The summed E-state index contributed by atoms with van der Waals surface area (Å²) in [6.07, 6.45) is 5.11. The summed E-state index contributed by atoms with van der Waals surface area (Å²) in [7, 11) is 1.97. The first kappa shape index (κ1) is 11.6. The van der Waals surface area contributed by atoms with Crippen molar-refractivity contribution in [2.24, 2.45) is 7.05 Å². The van der Waals surface area contributed by atoms with Gasteiger partial charge in [-0.3, -0.25) is 0 Å². The molecule has 0 aliphatic carbocycles. The second-order valence-corrected chi connectivity index (χ2v) is 4.39. The zero-order valence-corrected chi connectivity index (χ0v) is 9.65. The van der Waals surface area contributed by atoms with Gasteiger partial charge in [0.1, 0.15) is 5.82 Å². The fraction of sp³-hybridized carbons (Fsp3) is 0.727. The lowest BCUT2D eigenvalue weighted by molar-refractivity contribution is -0.0617. The first-order chi connectivity index (χ1) is 7.70. The van der Waals surface area contributed by atoms with Crippen molar-refractivity contribution in [1.29, 1.82) is 0 Å². The molecule has 0 amide bonds. The lowest BCUT2D eigenvalue weighted by atomic mass is 9.94. The summed E-state index contributed by atoms with van der Waals surface area (Å²) in [5.74, 6) is 0.982. The predicted molar refractivity (Wildman–Crippen MR) is 59.9 cm³/mol. The fourth-order valence-electron chi connectivity index (χ4n) is 1.90. The lowest BCUT2D eigenvalue weighted by Gasteiger charge is -2.32. The van der Waals surface area contributed by atoms with Crippen LogP contribution in [0.5, 0.6) is 0 Å². The molecule has 5 heteroatoms. The Bertz CT molecular complexity index is 332. The van der Waals surface area contributed by atoms with E-state index in [9.17, 15) is 5.11 Å². The summed E-state index contributed by atoms with van der Waals surface area (Å²) in [5, 5.41) is 13.4. The highest BCUT2D eigenvalue weighted by Gasteiger charge is 2.29. The number of aryl methyl sites for hydroxylation is 1. The molecular formula is C11H19N3O2. The van der Waals surface area contributed by atoms with E-state index in [0.717, 1.165) is 5.82 Å². The average molecular weight is 225 g/mol. The van der Waals surface area contributed by atoms with Crippen LogP contribution in [0.4, 0.5) is 0 Å². The number of ether oxygens (including phenoxy) is 1. The number of aromatic nitrogens is 2. The van der Waals surface area contributed by atoms with Crippen molar-refractivity contribution in [3.8, 4) is 0 Å². The largest absolute Gasteiger partial charge is 0.388 e. The lowest BCUT2D eigenvalue weighted by Crippen LogP contribution is -2.45. The van der Waals surface area contributed by atoms with E-state index in [-0.39, 0.29) is 0 Å². The van der Waals surface area contributed by atoms with Crippen molar-refractivity contribution >= 4 is 0 Å². The van der Waals surface area contributed by atoms with Crippen molar-refractivity contribution in [1.82, 2.24) is 14.9 Å². The second kappa shape index (κ2) is 4.95. The molecule has 0 unspecified atom stereocenters. The van der Waals surface area contributed by atoms with Gasteiger partial charge in [0.05, 0.1) is 12.1 Å². The van der Waals surface area contributed by atoms with Gasteiger partial charge in [0.2, 0.25) is 0 Å². The number of hydrogen-bond donors (Lipinski definition) is 2. The van der Waals surface area contributed by atoms with Crippen molar-refractivity contribution < 1.29 is 9.84 Å². The molecule has 1 aromatic rings. The van der Waals surface area contributed by atoms with E-state index in [4.69, 9.17) is 4.74 Å². The molecule has 1 aromatic heterocycles. The van der Waals surface area contributed by atoms with Crippen LogP contribution >= 0.6 is 0 Å². The van der Waals surface area contributed by atoms with Crippen LogP contribution in [0.1, 0.15) is 18.7 Å². The van der Waals surface area contributed by atoms with Gasteiger partial charge in [-0.25, -0.2) is 4.98 Å². The molecule has 0 spiro atoms. The van der Waals surface area contributed by atoms with E-state index in [1.807, 2.05) is 17.8 Å². The minimum absolute atomic E-state index is 0.600. The maximum atomic E-state index is 10.2. The standard InChI is InChI=1S/C11H19N3O2/c1-14-5-4-13-10(14)8-12-9-11(15)2-6-16-7-3-11/h4-5,12,15H,2-3,6-9H2,1H3. The summed E-state index contributed by atoms with van der Waals surface area (Å²) in [6, 6.07) is 0. The van der Waals surface area contributed by atoms with E-state index in [1.165, 1.54) is 0 Å². The first-order valence-corrected chi connectivity index (χ1v) is 5.67. The van der Waals surface area contributed by atoms with Crippen molar-refractivity contribution in [2.45, 2.75) is 25.0 Å². The quantitative estimate of drug-likeness (QED) is 0.760. The molecule has 1 aliphatic heterocycles. The van der Waals surface area contributed by atoms with Crippen LogP contribution in [0, 0.1) is 0 Å². The number of imidazole rings is 1. The Morgan fingerprint density at radius 2 is 2.31 bits per heavy atom. The minimum Gasteiger partial charge on any atom is -0.388 e. The number of nitrogens with one attached hydrogen (secondary N) is 1. The third-order valence-corrected chi connectivity index (χ3v) is 3.08. The Hall–Kier alpha value is -0.910. The molecule has 2 N–H and O–H groups in total. The zero-order valence-electron chi connectivity index (χ0n) is 9.65. The first-order valence-electron chi connectivity index (χ1n) is 5.67. The molecule has 90 valence electrons. The molecule has 0 radical (unpaired) electrons. The van der Waals surface area contributed by atoms with E-state index in [2.05, 4.69) is 10.3 Å². The highest BCUT2D eigenvalue weighted by Crippen LogP contribution is 2.19. The minimum atomic E-state index is -0.608. The highest BCUT2D eigenvalue weighted by molar-refractivity contribution is 4.91. The Kier molecular flexibility index (Phi) is 3.58. The molecule has 2 rings (SSSR count). The molecule has 1 saturated heterocycles. The molecule has 0 atom stereocenters. The van der Waals surface area contributed by atoms with Crippen LogP contribution < -0.4 is 5.32 Å². The van der Waals surface area contributed by atoms with E-state index >= 15 is 0 Å². The van der Waals surface area contributed by atoms with E-state index in [1.54, 1.807) is 6.20 Å². The third-order valence-electron chi connectivity index (χ3n) is 3.08. The van der Waals surface area contributed by atoms with Crippen molar-refractivity contribution in [3.63, 3.8) is 0 Å². The van der Waals surface area contributed by atoms with Gasteiger partial charge in [-0.2, -0.15) is 0 Å². The normalized spacial score (nSPS) is 19.9. The Balaban J connectivity index is 1.77. The Morgan fingerprint density at radius 3 is 2.94 bits per heavy atom. The number of aliphatic hydroxyl groups is 1. The van der Waals surface area contributed by atoms with Crippen LogP contribution in [0.15, 0.2) is 12.4 Å².